The monoisotopic (exact) mass is 153 g/mol. The van der Waals surface area contributed by atoms with E-state index >= 15 is 0 Å². The van der Waals surface area contributed by atoms with Crippen molar-refractivity contribution in [3.8, 4) is 0 Å². The largest absolute Gasteiger partial charge is 0.396 e. The minimum absolute atomic E-state index is 0.0470. The Hall–Kier alpha value is -0.990. The summed E-state index contributed by atoms with van der Waals surface area (Å²) in [5, 5.41) is 4.27. The van der Waals surface area contributed by atoms with Crippen molar-refractivity contribution in [2.45, 2.75) is 26.2 Å². The van der Waals surface area contributed by atoms with Crippen molar-refractivity contribution in [3.63, 3.8) is 0 Å². The molecule has 0 saturated heterocycles. The van der Waals surface area contributed by atoms with Crippen molar-refractivity contribution >= 4 is 5.69 Å². The summed E-state index contributed by atoms with van der Waals surface area (Å²) >= 11 is 0. The predicted molar refractivity (Wildman–Crippen MR) is 46.3 cm³/mol. The molecule has 0 unspecified atom stereocenters. The molecule has 11 heavy (non-hydrogen) atoms. The van der Waals surface area contributed by atoms with Crippen molar-refractivity contribution in [3.05, 3.63) is 11.9 Å². The van der Waals surface area contributed by atoms with E-state index in [-0.39, 0.29) is 5.41 Å². The molecule has 2 N–H and O–H groups in total. The van der Waals surface area contributed by atoms with E-state index in [4.69, 9.17) is 5.73 Å². The molecule has 1 aromatic heterocycles. The zero-order chi connectivity index (χ0) is 8.65. The zero-order valence-electron chi connectivity index (χ0n) is 7.55. The molecule has 0 saturated carbocycles. The summed E-state index contributed by atoms with van der Waals surface area (Å²) in [6.45, 7) is 6.31. The lowest BCUT2D eigenvalue weighted by Gasteiger charge is -2.15. The molecule has 3 heteroatoms. The van der Waals surface area contributed by atoms with Gasteiger partial charge in [-0.25, -0.2) is 0 Å². The highest BCUT2D eigenvalue weighted by atomic mass is 15.3. The Kier molecular flexibility index (Phi) is 1.66. The van der Waals surface area contributed by atoms with Crippen LogP contribution in [0.4, 0.5) is 5.69 Å². The van der Waals surface area contributed by atoms with E-state index in [1.165, 1.54) is 0 Å². The van der Waals surface area contributed by atoms with Crippen LogP contribution >= 0.6 is 0 Å². The fraction of sp³-hybridized carbons (Fsp3) is 0.625. The molecule has 0 amide bonds. The second-order valence-corrected chi connectivity index (χ2v) is 3.86. The average molecular weight is 153 g/mol. The second kappa shape index (κ2) is 2.26. The standard InChI is InChI=1S/C8H15N3/c1-8(2,3)7-6(9)5-11(4)10-7/h5H,9H2,1-4H3. The molecule has 1 rings (SSSR count). The summed E-state index contributed by atoms with van der Waals surface area (Å²) in [5.41, 5.74) is 7.54. The van der Waals surface area contributed by atoms with E-state index in [0.717, 1.165) is 11.4 Å². The Balaban J connectivity index is 3.13. The van der Waals surface area contributed by atoms with Crippen molar-refractivity contribution in [1.29, 1.82) is 0 Å². The number of aromatic nitrogens is 2. The lowest BCUT2D eigenvalue weighted by molar-refractivity contribution is 0.554. The molecule has 1 aromatic rings. The van der Waals surface area contributed by atoms with Crippen molar-refractivity contribution < 1.29 is 0 Å². The smallest absolute Gasteiger partial charge is 0.0906 e. The topological polar surface area (TPSA) is 43.8 Å². The first-order chi connectivity index (χ1) is 4.91. The van der Waals surface area contributed by atoms with Gasteiger partial charge in [0.05, 0.1) is 11.4 Å². The lowest BCUT2D eigenvalue weighted by Crippen LogP contribution is -2.14. The van der Waals surface area contributed by atoms with Gasteiger partial charge in [0, 0.05) is 18.7 Å². The Morgan fingerprint density at radius 2 is 2.00 bits per heavy atom. The highest BCUT2D eigenvalue weighted by molar-refractivity contribution is 5.44. The normalized spacial score (nSPS) is 12.0. The highest BCUT2D eigenvalue weighted by Gasteiger charge is 2.19. The van der Waals surface area contributed by atoms with Crippen LogP contribution in [-0.2, 0) is 12.5 Å². The summed E-state index contributed by atoms with van der Waals surface area (Å²) in [7, 11) is 1.88. The molecule has 0 aliphatic rings. The Bertz CT molecular complexity index is 255. The van der Waals surface area contributed by atoms with Gasteiger partial charge in [-0.15, -0.1) is 0 Å². The quantitative estimate of drug-likeness (QED) is 0.610. The van der Waals surface area contributed by atoms with E-state index in [1.807, 2.05) is 13.2 Å². The van der Waals surface area contributed by atoms with Crippen LogP contribution in [0.5, 0.6) is 0 Å². The first kappa shape index (κ1) is 8.11. The maximum atomic E-state index is 5.74. The Morgan fingerprint density at radius 3 is 2.18 bits per heavy atom. The average Bonchev–Trinajstić information content (AvgIpc) is 2.08. The van der Waals surface area contributed by atoms with Gasteiger partial charge in [-0.3, -0.25) is 4.68 Å². The predicted octanol–water partition coefficient (Wildman–Crippen LogP) is 1.30. The number of nitrogens with zero attached hydrogens (tertiary/aromatic N) is 2. The van der Waals surface area contributed by atoms with E-state index in [2.05, 4.69) is 25.9 Å². The maximum absolute atomic E-state index is 5.74. The fourth-order valence-corrected chi connectivity index (χ4v) is 1.09. The van der Waals surface area contributed by atoms with Gasteiger partial charge in [0.25, 0.3) is 0 Å². The van der Waals surface area contributed by atoms with E-state index in [9.17, 15) is 0 Å². The van der Waals surface area contributed by atoms with Gasteiger partial charge in [0.1, 0.15) is 0 Å². The second-order valence-electron chi connectivity index (χ2n) is 3.86. The van der Waals surface area contributed by atoms with E-state index in [1.54, 1.807) is 4.68 Å². The molecular formula is C8H15N3. The third-order valence-corrected chi connectivity index (χ3v) is 1.57. The summed E-state index contributed by atoms with van der Waals surface area (Å²) in [6.07, 6.45) is 1.83. The number of nitrogens with two attached hydrogens (primary N) is 1. The van der Waals surface area contributed by atoms with Gasteiger partial charge >= 0.3 is 0 Å². The number of hydrogen-bond donors (Lipinski definition) is 1. The zero-order valence-corrected chi connectivity index (χ0v) is 7.55. The minimum Gasteiger partial charge on any atom is -0.396 e. The Labute approximate surface area is 67.2 Å². The first-order valence-corrected chi connectivity index (χ1v) is 3.71. The molecule has 3 nitrogen and oxygen atoms in total. The van der Waals surface area contributed by atoms with Gasteiger partial charge < -0.3 is 5.73 Å². The van der Waals surface area contributed by atoms with Crippen LogP contribution in [0.25, 0.3) is 0 Å². The van der Waals surface area contributed by atoms with Crippen molar-refractivity contribution in [1.82, 2.24) is 9.78 Å². The van der Waals surface area contributed by atoms with Crippen molar-refractivity contribution in [2.24, 2.45) is 7.05 Å². The van der Waals surface area contributed by atoms with E-state index in [0.29, 0.717) is 0 Å². The van der Waals surface area contributed by atoms with Crippen LogP contribution in [0.2, 0.25) is 0 Å². The van der Waals surface area contributed by atoms with Crippen LogP contribution in [0.15, 0.2) is 6.20 Å². The number of nitrogen functional groups attached to an aromatic ring is 1. The maximum Gasteiger partial charge on any atom is 0.0906 e. The molecule has 0 aliphatic heterocycles. The molecule has 0 bridgehead atoms. The number of anilines is 1. The molecule has 0 aliphatic carbocycles. The molecule has 0 fully saturated rings. The Morgan fingerprint density at radius 1 is 1.45 bits per heavy atom. The van der Waals surface area contributed by atoms with Crippen LogP contribution in [0, 0.1) is 0 Å². The fourth-order valence-electron chi connectivity index (χ4n) is 1.09. The third kappa shape index (κ3) is 1.53. The van der Waals surface area contributed by atoms with Crippen LogP contribution in [0.3, 0.4) is 0 Å². The molecule has 0 aromatic carbocycles. The molecule has 1 heterocycles. The lowest BCUT2D eigenvalue weighted by atomic mass is 9.92. The molecule has 0 spiro atoms. The number of rotatable bonds is 0. The summed E-state index contributed by atoms with van der Waals surface area (Å²) < 4.78 is 1.75. The molecule has 62 valence electrons. The van der Waals surface area contributed by atoms with Gasteiger partial charge in [0.2, 0.25) is 0 Å². The SMILES string of the molecule is Cn1cc(N)c(C(C)(C)C)n1. The van der Waals surface area contributed by atoms with Crippen LogP contribution in [0.1, 0.15) is 26.5 Å². The van der Waals surface area contributed by atoms with Crippen LogP contribution < -0.4 is 5.73 Å². The summed E-state index contributed by atoms with van der Waals surface area (Å²) in [6, 6.07) is 0. The highest BCUT2D eigenvalue weighted by Crippen LogP contribution is 2.25. The minimum atomic E-state index is 0.0470. The first-order valence-electron chi connectivity index (χ1n) is 3.71. The molecule has 0 atom stereocenters. The van der Waals surface area contributed by atoms with Gasteiger partial charge in [0.15, 0.2) is 0 Å². The summed E-state index contributed by atoms with van der Waals surface area (Å²) in [5.74, 6) is 0. The van der Waals surface area contributed by atoms with Gasteiger partial charge in [-0.2, -0.15) is 5.10 Å². The molecular weight excluding hydrogens is 138 g/mol. The van der Waals surface area contributed by atoms with E-state index < -0.39 is 0 Å². The summed E-state index contributed by atoms with van der Waals surface area (Å²) in [4.78, 5) is 0. The third-order valence-electron chi connectivity index (χ3n) is 1.57. The molecule has 0 radical (unpaired) electrons. The van der Waals surface area contributed by atoms with Crippen LogP contribution in [-0.4, -0.2) is 9.78 Å². The number of hydrogen-bond acceptors (Lipinski definition) is 2. The van der Waals surface area contributed by atoms with Gasteiger partial charge in [-0.1, -0.05) is 20.8 Å². The number of aryl methyl sites for hydroxylation is 1. The van der Waals surface area contributed by atoms with Crippen molar-refractivity contribution in [2.75, 3.05) is 5.73 Å². The van der Waals surface area contributed by atoms with Gasteiger partial charge in [-0.05, 0) is 0 Å².